The van der Waals surface area contributed by atoms with E-state index in [2.05, 4.69) is 30.6 Å². The highest BCUT2D eigenvalue weighted by molar-refractivity contribution is 6.33. The van der Waals surface area contributed by atoms with Crippen LogP contribution in [0.4, 0.5) is 16.3 Å². The first kappa shape index (κ1) is 19.3. The van der Waals surface area contributed by atoms with E-state index >= 15 is 0 Å². The van der Waals surface area contributed by atoms with Crippen molar-refractivity contribution in [3.8, 4) is 11.6 Å². The van der Waals surface area contributed by atoms with Gasteiger partial charge in [0, 0.05) is 12.6 Å². The van der Waals surface area contributed by atoms with Crippen LogP contribution in [0.1, 0.15) is 18.9 Å². The van der Waals surface area contributed by atoms with Crippen LogP contribution in [0.3, 0.4) is 0 Å². The van der Waals surface area contributed by atoms with Gasteiger partial charge in [0.15, 0.2) is 0 Å². The third-order valence-corrected chi connectivity index (χ3v) is 3.42. The number of nitrogens with one attached hydrogen (secondary N) is 2. The summed E-state index contributed by atoms with van der Waals surface area (Å²) in [6, 6.07) is 4.48. The van der Waals surface area contributed by atoms with Gasteiger partial charge >= 0.3 is 6.03 Å². The number of aromatic nitrogens is 2. The number of anilines is 2. The maximum absolute atomic E-state index is 11.7. The second kappa shape index (κ2) is 9.42. The molecular weight excluding hydrogens is 360 g/mol. The summed E-state index contributed by atoms with van der Waals surface area (Å²) in [7, 11) is 1.40. The van der Waals surface area contributed by atoms with E-state index in [1.54, 1.807) is 18.2 Å². The van der Waals surface area contributed by atoms with Gasteiger partial charge in [0.2, 0.25) is 5.88 Å². The highest BCUT2D eigenvalue weighted by Gasteiger charge is 2.12. The number of carbonyl (C=O) groups excluding carboxylic acids is 1. The molecule has 0 atom stereocenters. The molecule has 138 valence electrons. The second-order valence-electron chi connectivity index (χ2n) is 5.02. The first-order valence-corrected chi connectivity index (χ1v) is 8.12. The Kier molecular flexibility index (Phi) is 6.98. The summed E-state index contributed by atoms with van der Waals surface area (Å²) in [6.07, 6.45) is 3.45. The average molecular weight is 379 g/mol. The van der Waals surface area contributed by atoms with Crippen molar-refractivity contribution in [2.24, 2.45) is 5.16 Å². The molecule has 0 aliphatic heterocycles. The number of nitrogens with zero attached hydrogens (tertiary/aromatic N) is 3. The largest absolute Gasteiger partial charge is 0.438 e. The van der Waals surface area contributed by atoms with E-state index in [0.29, 0.717) is 28.6 Å². The summed E-state index contributed by atoms with van der Waals surface area (Å²) in [5.41, 5.74) is 6.63. The van der Waals surface area contributed by atoms with E-state index in [9.17, 15) is 4.79 Å². The first-order valence-electron chi connectivity index (χ1n) is 7.74. The van der Waals surface area contributed by atoms with Crippen LogP contribution in [0.15, 0.2) is 29.7 Å². The minimum Gasteiger partial charge on any atom is -0.438 e. The number of oxime groups is 1. The van der Waals surface area contributed by atoms with Crippen LogP contribution in [0.25, 0.3) is 0 Å². The predicted octanol–water partition coefficient (Wildman–Crippen LogP) is 3.02. The highest BCUT2D eigenvalue weighted by atomic mass is 35.5. The third-order valence-electron chi connectivity index (χ3n) is 3.10. The van der Waals surface area contributed by atoms with E-state index < -0.39 is 0 Å². The number of hydrogen-bond donors (Lipinski definition) is 3. The van der Waals surface area contributed by atoms with Gasteiger partial charge in [-0.05, 0) is 18.6 Å². The van der Waals surface area contributed by atoms with Crippen molar-refractivity contribution in [3.05, 3.63) is 35.1 Å². The molecule has 1 aromatic carbocycles. The maximum atomic E-state index is 11.7. The molecule has 0 spiro atoms. The Balaban J connectivity index is 2.17. The molecule has 4 N–H and O–H groups in total. The molecule has 0 saturated carbocycles. The molecule has 0 bridgehead atoms. The maximum Gasteiger partial charge on any atom is 0.319 e. The zero-order chi connectivity index (χ0) is 18.9. The fourth-order valence-electron chi connectivity index (χ4n) is 1.88. The van der Waals surface area contributed by atoms with Crippen molar-refractivity contribution in [1.29, 1.82) is 0 Å². The molecule has 0 unspecified atom stereocenters. The van der Waals surface area contributed by atoms with Crippen LogP contribution >= 0.6 is 11.6 Å². The van der Waals surface area contributed by atoms with Gasteiger partial charge in [-0.15, -0.1) is 0 Å². The number of amides is 2. The fraction of sp³-hybridized carbons (Fsp3) is 0.250. The average Bonchev–Trinajstić information content (AvgIpc) is 2.62. The van der Waals surface area contributed by atoms with Gasteiger partial charge in [-0.2, -0.15) is 0 Å². The van der Waals surface area contributed by atoms with Crippen molar-refractivity contribution >= 4 is 35.4 Å². The summed E-state index contributed by atoms with van der Waals surface area (Å²) >= 11 is 6.20. The van der Waals surface area contributed by atoms with Gasteiger partial charge < -0.3 is 25.9 Å². The molecule has 26 heavy (non-hydrogen) atoms. The zero-order valence-electron chi connectivity index (χ0n) is 14.3. The van der Waals surface area contributed by atoms with Crippen LogP contribution in [-0.4, -0.2) is 35.9 Å². The lowest BCUT2D eigenvalue weighted by molar-refractivity contribution is 0.215. The van der Waals surface area contributed by atoms with Gasteiger partial charge in [0.05, 0.1) is 16.9 Å². The lowest BCUT2D eigenvalue weighted by Gasteiger charge is -2.11. The van der Waals surface area contributed by atoms with E-state index in [4.69, 9.17) is 22.1 Å². The van der Waals surface area contributed by atoms with Crippen molar-refractivity contribution in [2.45, 2.75) is 13.3 Å². The summed E-state index contributed by atoms with van der Waals surface area (Å²) in [5.74, 6) is 0.781. The number of nitrogens with two attached hydrogens (primary N) is 1. The monoisotopic (exact) mass is 378 g/mol. The Labute approximate surface area is 155 Å². The van der Waals surface area contributed by atoms with E-state index in [1.807, 2.05) is 6.92 Å². The highest BCUT2D eigenvalue weighted by Crippen LogP contribution is 2.30. The number of hydrogen-bond acceptors (Lipinski definition) is 7. The van der Waals surface area contributed by atoms with Gasteiger partial charge in [-0.3, -0.25) is 0 Å². The summed E-state index contributed by atoms with van der Waals surface area (Å²) in [6.45, 7) is 2.54. The Hall–Kier alpha value is -3.07. The Morgan fingerprint density at radius 2 is 2.23 bits per heavy atom. The molecule has 10 heteroatoms. The first-order chi connectivity index (χ1) is 12.5. The molecule has 0 aliphatic carbocycles. The predicted molar refractivity (Wildman–Crippen MR) is 99.9 cm³/mol. The van der Waals surface area contributed by atoms with Crippen LogP contribution < -0.4 is 21.1 Å². The van der Waals surface area contributed by atoms with Crippen molar-refractivity contribution < 1.29 is 14.4 Å². The normalized spacial score (nSPS) is 10.6. The molecule has 0 saturated heterocycles. The number of halogens is 1. The second-order valence-corrected chi connectivity index (χ2v) is 5.43. The molecule has 0 aliphatic rings. The molecule has 0 radical (unpaired) electrons. The number of carbonyl (C=O) groups is 1. The topological polar surface area (TPSA) is 124 Å². The quantitative estimate of drug-likeness (QED) is 0.502. The van der Waals surface area contributed by atoms with Gasteiger partial charge in [-0.25, -0.2) is 14.8 Å². The fourth-order valence-corrected chi connectivity index (χ4v) is 2.10. The third kappa shape index (κ3) is 5.21. The number of benzene rings is 1. The van der Waals surface area contributed by atoms with E-state index in [-0.39, 0.29) is 17.7 Å². The molecule has 1 aromatic heterocycles. The van der Waals surface area contributed by atoms with Gasteiger partial charge in [-0.1, -0.05) is 23.7 Å². The smallest absolute Gasteiger partial charge is 0.319 e. The van der Waals surface area contributed by atoms with Gasteiger partial charge in [0.1, 0.15) is 30.6 Å². The number of urea groups is 1. The molecule has 9 nitrogen and oxygen atoms in total. The molecule has 2 rings (SSSR count). The number of nitrogen functional groups attached to an aromatic ring is 1. The standard InChI is InChI=1S/C16H19ClN6O3/c1-3-6-19-16(24)23-13-5-4-10(7-12(13)17)26-15-11(8-22-25-2)14(18)20-9-21-15/h4-5,7-9H,3,6H2,1-2H3,(H2,18,20,21)(H2,19,23,24). The van der Waals surface area contributed by atoms with Crippen molar-refractivity contribution in [1.82, 2.24) is 15.3 Å². The van der Waals surface area contributed by atoms with Crippen LogP contribution in [-0.2, 0) is 4.84 Å². The molecular formula is C16H19ClN6O3. The van der Waals surface area contributed by atoms with Crippen molar-refractivity contribution in [3.63, 3.8) is 0 Å². The molecule has 2 aromatic rings. The summed E-state index contributed by atoms with van der Waals surface area (Å²) in [4.78, 5) is 24.3. The molecule has 1 heterocycles. The number of ether oxygens (including phenoxy) is 1. The Morgan fingerprint density at radius 3 is 2.92 bits per heavy atom. The Morgan fingerprint density at radius 1 is 1.42 bits per heavy atom. The SMILES string of the molecule is CCCNC(=O)Nc1ccc(Oc2ncnc(N)c2C=NOC)cc1Cl. The summed E-state index contributed by atoms with van der Waals surface area (Å²) < 4.78 is 5.70. The Bertz CT molecular complexity index is 800. The van der Waals surface area contributed by atoms with E-state index in [1.165, 1.54) is 19.7 Å². The minimum absolute atomic E-state index is 0.188. The van der Waals surface area contributed by atoms with Gasteiger partial charge in [0.25, 0.3) is 0 Å². The zero-order valence-corrected chi connectivity index (χ0v) is 15.1. The number of rotatable bonds is 7. The van der Waals surface area contributed by atoms with Crippen LogP contribution in [0.2, 0.25) is 5.02 Å². The van der Waals surface area contributed by atoms with E-state index in [0.717, 1.165) is 6.42 Å². The van der Waals surface area contributed by atoms with Crippen LogP contribution in [0, 0.1) is 0 Å². The molecule has 2 amide bonds. The van der Waals surface area contributed by atoms with Crippen molar-refractivity contribution in [2.75, 3.05) is 24.7 Å². The lowest BCUT2D eigenvalue weighted by Crippen LogP contribution is -2.29. The van der Waals surface area contributed by atoms with Crippen LogP contribution in [0.5, 0.6) is 11.6 Å². The molecule has 0 fully saturated rings. The minimum atomic E-state index is -0.330. The summed E-state index contributed by atoms with van der Waals surface area (Å²) in [5, 5.41) is 9.32. The lowest BCUT2D eigenvalue weighted by atomic mass is 10.3.